The molecule has 0 saturated carbocycles. The Bertz CT molecular complexity index is 1120. The third-order valence-corrected chi connectivity index (χ3v) is 7.33. The summed E-state index contributed by atoms with van der Waals surface area (Å²) in [6.45, 7) is 0.0726. The molecule has 27 heavy (non-hydrogen) atoms. The van der Waals surface area contributed by atoms with E-state index in [1.807, 2.05) is 30.3 Å². The molecule has 0 atom stereocenters. The Morgan fingerprint density at radius 1 is 0.741 bits per heavy atom. The van der Waals surface area contributed by atoms with Crippen molar-refractivity contribution in [2.24, 2.45) is 0 Å². The fraction of sp³-hybridized carbons (Fsp3) is 0.200. The van der Waals surface area contributed by atoms with Gasteiger partial charge in [-0.1, -0.05) is 60.7 Å². The minimum Gasteiger partial charge on any atom is -0.228 e. The van der Waals surface area contributed by atoms with Gasteiger partial charge in [0.1, 0.15) is 0 Å². The van der Waals surface area contributed by atoms with Crippen LogP contribution in [0, 0.1) is 0 Å². The number of fused-ring (bicyclic) bond motifs is 1. The summed E-state index contributed by atoms with van der Waals surface area (Å²) in [7, 11) is -6.95. The Morgan fingerprint density at radius 2 is 1.41 bits per heavy atom. The molecule has 0 bridgehead atoms. The summed E-state index contributed by atoms with van der Waals surface area (Å²) >= 11 is 0. The van der Waals surface area contributed by atoms with Crippen LogP contribution in [0.25, 0.3) is 10.8 Å². The number of sulfone groups is 1. The van der Waals surface area contributed by atoms with Crippen LogP contribution in [0.3, 0.4) is 0 Å². The zero-order chi connectivity index (χ0) is 19.3. The second-order valence-corrected chi connectivity index (χ2v) is 10.3. The number of nitrogens with one attached hydrogen (secondary N) is 1. The van der Waals surface area contributed by atoms with Crippen LogP contribution in [0.15, 0.2) is 77.7 Å². The number of sulfonamides is 1. The Kier molecular flexibility index (Phi) is 5.94. The predicted octanol–water partition coefficient (Wildman–Crippen LogP) is 3.12. The van der Waals surface area contributed by atoms with Crippen molar-refractivity contribution in [1.29, 1.82) is 0 Å². The van der Waals surface area contributed by atoms with Gasteiger partial charge in [-0.25, -0.2) is 21.6 Å². The first kappa shape index (κ1) is 19.5. The lowest BCUT2D eigenvalue weighted by Gasteiger charge is -2.08. The van der Waals surface area contributed by atoms with Crippen molar-refractivity contribution in [2.45, 2.75) is 17.1 Å². The van der Waals surface area contributed by atoms with Crippen molar-refractivity contribution in [3.05, 3.63) is 78.4 Å². The lowest BCUT2D eigenvalue weighted by Crippen LogP contribution is -2.26. The summed E-state index contributed by atoms with van der Waals surface area (Å²) in [5, 5.41) is 1.80. The molecule has 0 heterocycles. The van der Waals surface area contributed by atoms with Crippen molar-refractivity contribution in [2.75, 3.05) is 12.3 Å². The molecule has 0 aliphatic carbocycles. The van der Waals surface area contributed by atoms with Crippen molar-refractivity contribution >= 4 is 30.6 Å². The van der Waals surface area contributed by atoms with Crippen LogP contribution >= 0.6 is 0 Å². The lowest BCUT2D eigenvalue weighted by molar-refractivity contribution is 0.576. The molecule has 0 amide bonds. The highest BCUT2D eigenvalue weighted by atomic mass is 32.2. The maximum atomic E-state index is 12.4. The molecular weight excluding hydrogens is 382 g/mol. The molecule has 1 N–H and O–H groups in total. The zero-order valence-electron chi connectivity index (χ0n) is 14.7. The average molecular weight is 404 g/mol. The molecule has 3 aromatic carbocycles. The molecule has 3 rings (SSSR count). The molecule has 0 aromatic heterocycles. The van der Waals surface area contributed by atoms with Crippen molar-refractivity contribution < 1.29 is 16.8 Å². The third-order valence-electron chi connectivity index (χ3n) is 4.18. The highest BCUT2D eigenvalue weighted by Gasteiger charge is 2.16. The minimum absolute atomic E-state index is 0.0364. The van der Waals surface area contributed by atoms with E-state index in [1.54, 1.807) is 42.5 Å². The SMILES string of the molecule is O=S(=O)(CCCNS(=O)(=O)c1ccc2ccccc2c1)Cc1ccccc1. The van der Waals surface area contributed by atoms with Crippen LogP contribution in [0.4, 0.5) is 0 Å². The first-order chi connectivity index (χ1) is 12.9. The van der Waals surface area contributed by atoms with E-state index in [4.69, 9.17) is 0 Å². The van der Waals surface area contributed by atoms with Gasteiger partial charge < -0.3 is 0 Å². The van der Waals surface area contributed by atoms with E-state index in [9.17, 15) is 16.8 Å². The lowest BCUT2D eigenvalue weighted by atomic mass is 10.1. The van der Waals surface area contributed by atoms with Gasteiger partial charge in [-0.15, -0.1) is 0 Å². The monoisotopic (exact) mass is 403 g/mol. The van der Waals surface area contributed by atoms with Crippen LogP contribution in [-0.2, 0) is 25.6 Å². The molecule has 0 saturated heterocycles. The Balaban J connectivity index is 1.57. The highest BCUT2D eigenvalue weighted by molar-refractivity contribution is 7.90. The van der Waals surface area contributed by atoms with Gasteiger partial charge in [0.15, 0.2) is 9.84 Å². The Hall–Kier alpha value is -2.22. The fourth-order valence-electron chi connectivity index (χ4n) is 2.82. The predicted molar refractivity (Wildman–Crippen MR) is 108 cm³/mol. The zero-order valence-corrected chi connectivity index (χ0v) is 16.3. The molecule has 7 heteroatoms. The van der Waals surface area contributed by atoms with Crippen molar-refractivity contribution in [3.63, 3.8) is 0 Å². The van der Waals surface area contributed by atoms with Gasteiger partial charge in [0.2, 0.25) is 10.0 Å². The summed E-state index contributed by atoms with van der Waals surface area (Å²) in [5.74, 6) is -0.104. The van der Waals surface area contributed by atoms with E-state index in [-0.39, 0.29) is 29.4 Å². The fourth-order valence-corrected chi connectivity index (χ4v) is 5.35. The standard InChI is InChI=1S/C20H21NO4S2/c22-26(23,16-17-7-2-1-3-8-17)14-6-13-21-27(24,25)20-12-11-18-9-4-5-10-19(18)15-20/h1-5,7-12,15,21H,6,13-14,16H2. The first-order valence-corrected chi connectivity index (χ1v) is 11.9. The Labute approximate surface area is 160 Å². The van der Waals surface area contributed by atoms with Gasteiger partial charge in [0, 0.05) is 6.54 Å². The van der Waals surface area contributed by atoms with E-state index < -0.39 is 19.9 Å². The van der Waals surface area contributed by atoms with E-state index in [0.29, 0.717) is 0 Å². The van der Waals surface area contributed by atoms with Crippen molar-refractivity contribution in [3.8, 4) is 0 Å². The first-order valence-electron chi connectivity index (χ1n) is 8.59. The molecule has 0 radical (unpaired) electrons. The topological polar surface area (TPSA) is 80.3 Å². The van der Waals surface area contributed by atoms with Gasteiger partial charge >= 0.3 is 0 Å². The average Bonchev–Trinajstić information content (AvgIpc) is 2.65. The van der Waals surface area contributed by atoms with Crippen LogP contribution in [0.2, 0.25) is 0 Å². The number of hydrogen-bond donors (Lipinski definition) is 1. The summed E-state index contributed by atoms with van der Waals surface area (Å²) in [4.78, 5) is 0.174. The second-order valence-electron chi connectivity index (χ2n) is 6.34. The van der Waals surface area contributed by atoms with E-state index in [2.05, 4.69) is 4.72 Å². The molecule has 0 fully saturated rings. The number of rotatable bonds is 8. The van der Waals surface area contributed by atoms with Crippen LogP contribution in [-0.4, -0.2) is 29.1 Å². The maximum absolute atomic E-state index is 12.4. The molecule has 0 unspecified atom stereocenters. The van der Waals surface area contributed by atoms with Gasteiger partial charge in [-0.2, -0.15) is 0 Å². The molecule has 142 valence electrons. The smallest absolute Gasteiger partial charge is 0.228 e. The summed E-state index contributed by atoms with van der Waals surface area (Å²) < 4.78 is 51.7. The van der Waals surface area contributed by atoms with Crippen LogP contribution in [0.5, 0.6) is 0 Å². The molecule has 0 spiro atoms. The molecule has 3 aromatic rings. The van der Waals surface area contributed by atoms with Gasteiger partial charge in [-0.3, -0.25) is 0 Å². The minimum atomic E-state index is -3.67. The van der Waals surface area contributed by atoms with Gasteiger partial charge in [0.05, 0.1) is 16.4 Å². The summed E-state index contributed by atoms with van der Waals surface area (Å²) in [6, 6.07) is 21.4. The van der Waals surface area contributed by atoms with Crippen LogP contribution < -0.4 is 4.72 Å². The number of hydrogen-bond acceptors (Lipinski definition) is 4. The quantitative estimate of drug-likeness (QED) is 0.586. The van der Waals surface area contributed by atoms with Crippen molar-refractivity contribution in [1.82, 2.24) is 4.72 Å². The van der Waals surface area contributed by atoms with E-state index in [1.165, 1.54) is 0 Å². The molecule has 0 aliphatic rings. The normalized spacial score (nSPS) is 12.3. The van der Waals surface area contributed by atoms with Gasteiger partial charge in [-0.05, 0) is 34.9 Å². The summed E-state index contributed by atoms with van der Waals surface area (Å²) in [6.07, 6.45) is 0.224. The largest absolute Gasteiger partial charge is 0.240 e. The van der Waals surface area contributed by atoms with Crippen LogP contribution in [0.1, 0.15) is 12.0 Å². The Morgan fingerprint density at radius 3 is 2.15 bits per heavy atom. The third kappa shape index (κ3) is 5.38. The summed E-state index contributed by atoms with van der Waals surface area (Å²) in [5.41, 5.74) is 0.731. The second kappa shape index (κ2) is 8.21. The van der Waals surface area contributed by atoms with E-state index >= 15 is 0 Å². The number of benzene rings is 3. The molecular formula is C20H21NO4S2. The highest BCUT2D eigenvalue weighted by Crippen LogP contribution is 2.18. The molecule has 0 aliphatic heterocycles. The van der Waals surface area contributed by atoms with E-state index in [0.717, 1.165) is 16.3 Å². The molecule has 5 nitrogen and oxygen atoms in total. The maximum Gasteiger partial charge on any atom is 0.240 e. The van der Waals surface area contributed by atoms with Gasteiger partial charge in [0.25, 0.3) is 0 Å².